The second-order valence-corrected chi connectivity index (χ2v) is 5.57. The molecule has 0 spiro atoms. The molecule has 0 bridgehead atoms. The second kappa shape index (κ2) is 4.82. The minimum atomic E-state index is -0.0372. The number of ether oxygens (including phenoxy) is 2. The Hall–Kier alpha value is -2.03. The molecule has 0 N–H and O–H groups in total. The van der Waals surface area contributed by atoms with Crippen LogP contribution in [0.3, 0.4) is 0 Å². The molecule has 1 aromatic carbocycles. The summed E-state index contributed by atoms with van der Waals surface area (Å²) in [6, 6.07) is 10.2. The largest absolute Gasteiger partial charge is 0.497 e. The molecule has 0 radical (unpaired) electrons. The first-order chi connectivity index (χ1) is 9.65. The van der Waals surface area contributed by atoms with Crippen molar-refractivity contribution in [2.75, 3.05) is 13.7 Å². The van der Waals surface area contributed by atoms with Crippen molar-refractivity contribution < 1.29 is 9.47 Å². The lowest BCUT2D eigenvalue weighted by atomic mass is 9.69. The van der Waals surface area contributed by atoms with E-state index in [0.29, 0.717) is 12.5 Å². The maximum atomic E-state index is 6.01. The van der Waals surface area contributed by atoms with E-state index in [2.05, 4.69) is 37.0 Å². The minimum Gasteiger partial charge on any atom is -0.497 e. The Labute approximate surface area is 119 Å². The van der Waals surface area contributed by atoms with E-state index in [1.54, 1.807) is 7.11 Å². The number of benzene rings is 1. The first-order valence-corrected chi connectivity index (χ1v) is 6.86. The molecule has 0 fully saturated rings. The predicted molar refractivity (Wildman–Crippen MR) is 78.5 cm³/mol. The zero-order valence-corrected chi connectivity index (χ0v) is 12.1. The van der Waals surface area contributed by atoms with Gasteiger partial charge >= 0.3 is 0 Å². The number of pyridine rings is 1. The summed E-state index contributed by atoms with van der Waals surface area (Å²) in [6.45, 7) is 5.17. The van der Waals surface area contributed by atoms with Crippen molar-refractivity contribution in [2.45, 2.75) is 25.2 Å². The Morgan fingerprint density at radius 2 is 2.00 bits per heavy atom. The molecule has 0 saturated heterocycles. The Bertz CT molecular complexity index is 612. The van der Waals surface area contributed by atoms with Gasteiger partial charge in [0.25, 0.3) is 0 Å². The van der Waals surface area contributed by atoms with Crippen molar-refractivity contribution in [2.24, 2.45) is 0 Å². The highest BCUT2D eigenvalue weighted by Crippen LogP contribution is 2.46. The molecule has 0 amide bonds. The predicted octanol–water partition coefficient (Wildman–Crippen LogP) is 3.54. The standard InChI is InChI=1S/C17H19NO2/c1-12-15-5-4-14(19-3)10-16(15)20-11-17(12,2)13-6-8-18-9-7-13/h4-10,12H,11H2,1-3H3. The average Bonchev–Trinajstić information content (AvgIpc) is 2.51. The van der Waals surface area contributed by atoms with Crippen molar-refractivity contribution in [3.63, 3.8) is 0 Å². The summed E-state index contributed by atoms with van der Waals surface area (Å²) in [5.41, 5.74) is 2.46. The summed E-state index contributed by atoms with van der Waals surface area (Å²) in [4.78, 5) is 4.11. The Balaban J connectivity index is 2.02. The fourth-order valence-corrected chi connectivity index (χ4v) is 2.89. The van der Waals surface area contributed by atoms with E-state index in [1.807, 2.05) is 24.5 Å². The highest BCUT2D eigenvalue weighted by atomic mass is 16.5. The Morgan fingerprint density at radius 3 is 2.70 bits per heavy atom. The van der Waals surface area contributed by atoms with Gasteiger partial charge in [-0.05, 0) is 35.2 Å². The van der Waals surface area contributed by atoms with Crippen LogP contribution in [-0.2, 0) is 5.41 Å². The van der Waals surface area contributed by atoms with Crippen LogP contribution in [0, 0.1) is 0 Å². The van der Waals surface area contributed by atoms with Crippen LogP contribution in [0.4, 0.5) is 0 Å². The Morgan fingerprint density at radius 1 is 1.25 bits per heavy atom. The van der Waals surface area contributed by atoms with Crippen LogP contribution in [0.5, 0.6) is 11.5 Å². The van der Waals surface area contributed by atoms with Crippen LogP contribution >= 0.6 is 0 Å². The lowest BCUT2D eigenvalue weighted by Crippen LogP contribution is -2.39. The number of rotatable bonds is 2. The molecule has 104 valence electrons. The topological polar surface area (TPSA) is 31.4 Å². The quantitative estimate of drug-likeness (QED) is 0.835. The summed E-state index contributed by atoms with van der Waals surface area (Å²) in [5.74, 6) is 2.14. The van der Waals surface area contributed by atoms with Crippen molar-refractivity contribution in [3.8, 4) is 11.5 Å². The highest BCUT2D eigenvalue weighted by molar-refractivity contribution is 5.47. The lowest BCUT2D eigenvalue weighted by Gasteiger charge is -2.41. The molecule has 3 nitrogen and oxygen atoms in total. The van der Waals surface area contributed by atoms with E-state index >= 15 is 0 Å². The molecule has 2 heterocycles. The normalized spacial score (nSPS) is 24.6. The number of aromatic nitrogens is 1. The van der Waals surface area contributed by atoms with Crippen LogP contribution in [0.25, 0.3) is 0 Å². The van der Waals surface area contributed by atoms with Gasteiger partial charge in [0.15, 0.2) is 0 Å². The number of methoxy groups -OCH3 is 1. The van der Waals surface area contributed by atoms with E-state index in [0.717, 1.165) is 11.5 Å². The van der Waals surface area contributed by atoms with Crippen molar-refractivity contribution in [3.05, 3.63) is 53.9 Å². The van der Waals surface area contributed by atoms with E-state index in [4.69, 9.17) is 9.47 Å². The van der Waals surface area contributed by atoms with Crippen LogP contribution < -0.4 is 9.47 Å². The van der Waals surface area contributed by atoms with E-state index in [-0.39, 0.29) is 5.41 Å². The minimum absolute atomic E-state index is 0.0372. The molecule has 1 aromatic heterocycles. The van der Waals surface area contributed by atoms with Crippen LogP contribution in [0.1, 0.15) is 30.9 Å². The highest BCUT2D eigenvalue weighted by Gasteiger charge is 2.39. The first-order valence-electron chi connectivity index (χ1n) is 6.86. The summed E-state index contributed by atoms with van der Waals surface area (Å²) >= 11 is 0. The van der Waals surface area contributed by atoms with Gasteiger partial charge in [-0.25, -0.2) is 0 Å². The zero-order chi connectivity index (χ0) is 14.2. The second-order valence-electron chi connectivity index (χ2n) is 5.57. The van der Waals surface area contributed by atoms with Gasteiger partial charge in [-0.1, -0.05) is 19.9 Å². The van der Waals surface area contributed by atoms with Gasteiger partial charge in [0.1, 0.15) is 11.5 Å². The summed E-state index contributed by atoms with van der Waals surface area (Å²) in [5, 5.41) is 0. The summed E-state index contributed by atoms with van der Waals surface area (Å²) in [7, 11) is 1.68. The van der Waals surface area contributed by atoms with Gasteiger partial charge < -0.3 is 9.47 Å². The van der Waals surface area contributed by atoms with Gasteiger partial charge in [-0.15, -0.1) is 0 Å². The number of hydrogen-bond donors (Lipinski definition) is 0. The Kier molecular flexibility index (Phi) is 3.13. The summed E-state index contributed by atoms with van der Waals surface area (Å²) < 4.78 is 11.3. The molecule has 2 unspecified atom stereocenters. The molecule has 2 atom stereocenters. The third-order valence-electron chi connectivity index (χ3n) is 4.51. The molecule has 3 heteroatoms. The van der Waals surface area contributed by atoms with Crippen molar-refractivity contribution in [1.82, 2.24) is 4.98 Å². The number of hydrogen-bond acceptors (Lipinski definition) is 3. The molecule has 1 aliphatic rings. The van der Waals surface area contributed by atoms with Crippen molar-refractivity contribution >= 4 is 0 Å². The first kappa shape index (κ1) is 13.0. The SMILES string of the molecule is COc1ccc2c(c1)OCC(C)(c1ccncc1)C2C. The fraction of sp³-hybridized carbons (Fsp3) is 0.353. The zero-order valence-electron chi connectivity index (χ0n) is 12.1. The number of fused-ring (bicyclic) bond motifs is 1. The van der Waals surface area contributed by atoms with Crippen LogP contribution in [0.2, 0.25) is 0 Å². The third-order valence-corrected chi connectivity index (χ3v) is 4.51. The van der Waals surface area contributed by atoms with Gasteiger partial charge in [-0.3, -0.25) is 4.98 Å². The fourth-order valence-electron chi connectivity index (χ4n) is 2.89. The molecule has 2 aromatic rings. The van der Waals surface area contributed by atoms with E-state index in [9.17, 15) is 0 Å². The van der Waals surface area contributed by atoms with Gasteiger partial charge in [0.05, 0.1) is 13.7 Å². The molecule has 0 aliphatic carbocycles. The number of nitrogens with zero attached hydrogens (tertiary/aromatic N) is 1. The van der Waals surface area contributed by atoms with Gasteiger partial charge in [0.2, 0.25) is 0 Å². The average molecular weight is 269 g/mol. The van der Waals surface area contributed by atoms with E-state index < -0.39 is 0 Å². The van der Waals surface area contributed by atoms with Crippen molar-refractivity contribution in [1.29, 1.82) is 0 Å². The molecule has 20 heavy (non-hydrogen) atoms. The molecule has 0 saturated carbocycles. The maximum Gasteiger partial charge on any atom is 0.126 e. The molecule has 3 rings (SSSR count). The molecule has 1 aliphatic heterocycles. The molecular formula is C17H19NO2. The van der Waals surface area contributed by atoms with E-state index in [1.165, 1.54) is 11.1 Å². The maximum absolute atomic E-state index is 6.01. The monoisotopic (exact) mass is 269 g/mol. The lowest BCUT2D eigenvalue weighted by molar-refractivity contribution is 0.175. The molecular weight excluding hydrogens is 250 g/mol. The third kappa shape index (κ3) is 1.94. The van der Waals surface area contributed by atoms with Crippen LogP contribution in [-0.4, -0.2) is 18.7 Å². The smallest absolute Gasteiger partial charge is 0.126 e. The van der Waals surface area contributed by atoms with Gasteiger partial charge in [0, 0.05) is 23.9 Å². The van der Waals surface area contributed by atoms with Crippen LogP contribution in [0.15, 0.2) is 42.7 Å². The van der Waals surface area contributed by atoms with Gasteiger partial charge in [-0.2, -0.15) is 0 Å². The summed E-state index contributed by atoms with van der Waals surface area (Å²) in [6.07, 6.45) is 3.69.